The summed E-state index contributed by atoms with van der Waals surface area (Å²) >= 11 is 5.34. The fourth-order valence-electron chi connectivity index (χ4n) is 0.818. The number of rotatable bonds is 2. The van der Waals surface area contributed by atoms with Gasteiger partial charge in [-0.15, -0.1) is 0 Å². The molecule has 15 heavy (non-hydrogen) atoms. The average Bonchev–Trinajstić information content (AvgIpc) is 2.17. The summed E-state index contributed by atoms with van der Waals surface area (Å²) in [6, 6.07) is 2.11. The number of hydrogen-bond donors (Lipinski definition) is 0. The Balaban J connectivity index is 3.18. The molecular weight excluding hydrogens is 371 g/mol. The van der Waals surface area contributed by atoms with Crippen LogP contribution in [-0.2, 0) is 0 Å². The standard InChI is InChI=1S/C9H8BrIN4/c1-15(2)5-14-9-8(11)6(3-12)7(10)4-13-9/h4-5H,1-2H3/b14-5+. The zero-order valence-corrected chi connectivity index (χ0v) is 11.9. The predicted molar refractivity (Wildman–Crippen MR) is 71.2 cm³/mol. The Kier molecular flexibility index (Phi) is 4.47. The number of halogens is 2. The number of nitrogens with zero attached hydrogens (tertiary/aromatic N) is 4. The van der Waals surface area contributed by atoms with Crippen molar-refractivity contribution in [3.63, 3.8) is 0 Å². The van der Waals surface area contributed by atoms with Crippen molar-refractivity contribution in [2.24, 2.45) is 4.99 Å². The lowest BCUT2D eigenvalue weighted by Gasteiger charge is -2.04. The van der Waals surface area contributed by atoms with Gasteiger partial charge in [0.05, 0.1) is 19.9 Å². The van der Waals surface area contributed by atoms with E-state index < -0.39 is 0 Å². The van der Waals surface area contributed by atoms with Gasteiger partial charge in [0.2, 0.25) is 0 Å². The molecule has 0 amide bonds. The molecule has 0 bridgehead atoms. The van der Waals surface area contributed by atoms with Crippen LogP contribution >= 0.6 is 38.5 Å². The molecule has 0 N–H and O–H groups in total. The Morgan fingerprint density at radius 3 is 2.87 bits per heavy atom. The highest BCUT2D eigenvalue weighted by Crippen LogP contribution is 2.27. The maximum atomic E-state index is 8.93. The summed E-state index contributed by atoms with van der Waals surface area (Å²) in [6.45, 7) is 0. The topological polar surface area (TPSA) is 52.3 Å². The molecule has 0 aliphatic rings. The van der Waals surface area contributed by atoms with Gasteiger partial charge in [-0.1, -0.05) is 0 Å². The molecule has 0 unspecified atom stereocenters. The highest BCUT2D eigenvalue weighted by molar-refractivity contribution is 14.1. The van der Waals surface area contributed by atoms with E-state index in [0.29, 0.717) is 15.9 Å². The third kappa shape index (κ3) is 3.14. The normalized spacial score (nSPS) is 10.3. The molecule has 1 aromatic rings. The quantitative estimate of drug-likeness (QED) is 0.451. The molecule has 78 valence electrons. The van der Waals surface area contributed by atoms with E-state index in [1.807, 2.05) is 19.0 Å². The van der Waals surface area contributed by atoms with Crippen molar-refractivity contribution in [2.75, 3.05) is 14.1 Å². The first-order valence-corrected chi connectivity index (χ1v) is 5.88. The largest absolute Gasteiger partial charge is 0.369 e. The molecule has 0 aromatic carbocycles. The molecule has 0 saturated heterocycles. The lowest BCUT2D eigenvalue weighted by atomic mass is 10.3. The van der Waals surface area contributed by atoms with Gasteiger partial charge in [0.1, 0.15) is 6.07 Å². The van der Waals surface area contributed by atoms with Crippen LogP contribution in [0.25, 0.3) is 0 Å². The average molecular weight is 379 g/mol. The third-order valence-corrected chi connectivity index (χ3v) is 3.10. The van der Waals surface area contributed by atoms with Crippen LogP contribution < -0.4 is 0 Å². The number of aromatic nitrogens is 1. The molecule has 1 aromatic heterocycles. The molecule has 0 saturated carbocycles. The van der Waals surface area contributed by atoms with Crippen LogP contribution in [0.15, 0.2) is 15.7 Å². The Labute approximate surface area is 110 Å². The van der Waals surface area contributed by atoms with E-state index in [1.54, 1.807) is 12.5 Å². The maximum absolute atomic E-state index is 8.93. The lowest BCUT2D eigenvalue weighted by Crippen LogP contribution is -2.07. The lowest BCUT2D eigenvalue weighted by molar-refractivity contribution is 0.643. The van der Waals surface area contributed by atoms with Gasteiger partial charge in [-0.25, -0.2) is 9.98 Å². The van der Waals surface area contributed by atoms with E-state index in [-0.39, 0.29) is 0 Å². The molecule has 0 radical (unpaired) electrons. The van der Waals surface area contributed by atoms with Gasteiger partial charge in [0.25, 0.3) is 0 Å². The number of nitriles is 1. The van der Waals surface area contributed by atoms with E-state index in [0.717, 1.165) is 3.57 Å². The molecule has 0 spiro atoms. The number of hydrogen-bond acceptors (Lipinski definition) is 3. The zero-order valence-electron chi connectivity index (χ0n) is 8.20. The molecule has 1 heterocycles. The van der Waals surface area contributed by atoms with E-state index in [2.05, 4.69) is 54.6 Å². The van der Waals surface area contributed by atoms with Crippen LogP contribution in [0.1, 0.15) is 5.56 Å². The maximum Gasteiger partial charge on any atom is 0.168 e. The molecule has 0 aliphatic carbocycles. The van der Waals surface area contributed by atoms with Crippen LogP contribution in [0.5, 0.6) is 0 Å². The van der Waals surface area contributed by atoms with E-state index in [4.69, 9.17) is 5.26 Å². The number of pyridine rings is 1. The van der Waals surface area contributed by atoms with Gasteiger partial charge < -0.3 is 4.90 Å². The van der Waals surface area contributed by atoms with Crippen LogP contribution in [0.2, 0.25) is 0 Å². The van der Waals surface area contributed by atoms with Crippen molar-refractivity contribution in [1.82, 2.24) is 9.88 Å². The first kappa shape index (κ1) is 12.4. The smallest absolute Gasteiger partial charge is 0.168 e. The van der Waals surface area contributed by atoms with Crippen molar-refractivity contribution in [1.29, 1.82) is 5.26 Å². The second-order valence-corrected chi connectivity index (χ2v) is 4.87. The highest BCUT2D eigenvalue weighted by atomic mass is 127. The molecule has 0 aliphatic heterocycles. The van der Waals surface area contributed by atoms with Crippen LogP contribution in [0, 0.1) is 14.9 Å². The Morgan fingerprint density at radius 1 is 1.67 bits per heavy atom. The van der Waals surface area contributed by atoms with Gasteiger partial charge in [0, 0.05) is 20.3 Å². The Bertz CT molecular complexity index is 436. The molecule has 1 rings (SSSR count). The summed E-state index contributed by atoms with van der Waals surface area (Å²) < 4.78 is 1.45. The van der Waals surface area contributed by atoms with Gasteiger partial charge in [0.15, 0.2) is 5.82 Å². The second-order valence-electron chi connectivity index (χ2n) is 2.94. The molecular formula is C9H8BrIN4. The summed E-state index contributed by atoms with van der Waals surface area (Å²) in [5, 5.41) is 8.93. The molecule has 0 fully saturated rings. The first-order valence-electron chi connectivity index (χ1n) is 4.01. The summed E-state index contributed by atoms with van der Waals surface area (Å²) in [5.41, 5.74) is 0.566. The Morgan fingerprint density at radius 2 is 2.33 bits per heavy atom. The van der Waals surface area contributed by atoms with Gasteiger partial charge >= 0.3 is 0 Å². The van der Waals surface area contributed by atoms with Crippen molar-refractivity contribution < 1.29 is 0 Å². The van der Waals surface area contributed by atoms with Crippen molar-refractivity contribution in [2.45, 2.75) is 0 Å². The van der Waals surface area contributed by atoms with E-state index >= 15 is 0 Å². The van der Waals surface area contributed by atoms with Crippen LogP contribution in [-0.4, -0.2) is 30.3 Å². The molecule has 0 atom stereocenters. The fraction of sp³-hybridized carbons (Fsp3) is 0.222. The minimum absolute atomic E-state index is 0.559. The zero-order chi connectivity index (χ0) is 11.4. The minimum Gasteiger partial charge on any atom is -0.369 e. The van der Waals surface area contributed by atoms with Crippen molar-refractivity contribution in [3.8, 4) is 6.07 Å². The van der Waals surface area contributed by atoms with Crippen molar-refractivity contribution in [3.05, 3.63) is 19.8 Å². The first-order chi connectivity index (χ1) is 7.06. The SMILES string of the molecule is CN(C)/C=N/c1ncc(Br)c(C#N)c1I. The van der Waals surface area contributed by atoms with Crippen LogP contribution in [0.4, 0.5) is 5.82 Å². The summed E-state index contributed by atoms with van der Waals surface area (Å²) in [5.74, 6) is 0.559. The fourth-order valence-corrected chi connectivity index (χ4v) is 2.27. The summed E-state index contributed by atoms with van der Waals surface area (Å²) in [7, 11) is 3.75. The second kappa shape index (κ2) is 5.42. The summed E-state index contributed by atoms with van der Waals surface area (Å²) in [4.78, 5) is 10.1. The van der Waals surface area contributed by atoms with Gasteiger partial charge in [-0.2, -0.15) is 5.26 Å². The Hall–Kier alpha value is -0.680. The molecule has 6 heteroatoms. The summed E-state index contributed by atoms with van der Waals surface area (Å²) in [6.07, 6.45) is 3.24. The molecule has 4 nitrogen and oxygen atoms in total. The van der Waals surface area contributed by atoms with Crippen LogP contribution in [0.3, 0.4) is 0 Å². The number of aliphatic imine (C=N–C) groups is 1. The third-order valence-electron chi connectivity index (χ3n) is 1.48. The van der Waals surface area contributed by atoms with E-state index in [1.165, 1.54) is 0 Å². The predicted octanol–water partition coefficient (Wildman–Crippen LogP) is 2.54. The van der Waals surface area contributed by atoms with Gasteiger partial charge in [-0.05, 0) is 38.5 Å². The highest BCUT2D eigenvalue weighted by Gasteiger charge is 2.09. The minimum atomic E-state index is 0.559. The van der Waals surface area contributed by atoms with Gasteiger partial charge in [-0.3, -0.25) is 0 Å². The van der Waals surface area contributed by atoms with E-state index in [9.17, 15) is 0 Å². The monoisotopic (exact) mass is 378 g/mol. The van der Waals surface area contributed by atoms with Crippen molar-refractivity contribution >= 4 is 50.7 Å².